The van der Waals surface area contributed by atoms with Crippen molar-refractivity contribution in [3.05, 3.63) is 0 Å². The van der Waals surface area contributed by atoms with Gasteiger partial charge in [-0.05, 0) is 27.7 Å². The van der Waals surface area contributed by atoms with Crippen LogP contribution in [0.25, 0.3) is 0 Å². The maximum atomic E-state index is 10.9. The van der Waals surface area contributed by atoms with Gasteiger partial charge in [-0.2, -0.15) is 0 Å². The highest BCUT2D eigenvalue weighted by molar-refractivity contribution is 14.1. The van der Waals surface area contributed by atoms with E-state index in [4.69, 9.17) is 9.47 Å². The summed E-state index contributed by atoms with van der Waals surface area (Å²) in [6.45, 7) is 7.41. The predicted molar refractivity (Wildman–Crippen MR) is 55.6 cm³/mol. The molecule has 3 nitrogen and oxygen atoms in total. The average Bonchev–Trinajstić information content (AvgIpc) is 1.84. The zero-order valence-corrected chi connectivity index (χ0v) is 9.99. The molecule has 0 aromatic heterocycles. The first kappa shape index (κ1) is 12.0. The van der Waals surface area contributed by atoms with Gasteiger partial charge >= 0.3 is 6.16 Å². The minimum absolute atomic E-state index is 0.100. The van der Waals surface area contributed by atoms with Crippen LogP contribution in [0.15, 0.2) is 0 Å². The zero-order valence-electron chi connectivity index (χ0n) is 7.83. The molecule has 0 saturated heterocycles. The van der Waals surface area contributed by atoms with Crippen LogP contribution in [0.2, 0.25) is 0 Å². The fraction of sp³-hybridized carbons (Fsp3) is 0.875. The summed E-state index contributed by atoms with van der Waals surface area (Å²) in [4.78, 5) is 10.9. The second-order valence-electron chi connectivity index (χ2n) is 2.92. The average molecular weight is 286 g/mol. The van der Waals surface area contributed by atoms with Crippen molar-refractivity contribution < 1.29 is 14.3 Å². The van der Waals surface area contributed by atoms with Gasteiger partial charge in [-0.25, -0.2) is 4.79 Å². The summed E-state index contributed by atoms with van der Waals surface area (Å²) >= 11 is 2.20. The van der Waals surface area contributed by atoms with Crippen molar-refractivity contribution in [3.63, 3.8) is 0 Å². The van der Waals surface area contributed by atoms with E-state index in [1.54, 1.807) is 13.8 Å². The lowest BCUT2D eigenvalue weighted by atomic mass is 10.3. The molecule has 0 bridgehead atoms. The first-order chi connectivity index (χ1) is 5.43. The SMILES string of the molecule is CC(C)OC(=O)OC(C)C(C)I. The van der Waals surface area contributed by atoms with Crippen molar-refractivity contribution >= 4 is 28.7 Å². The topological polar surface area (TPSA) is 35.5 Å². The largest absolute Gasteiger partial charge is 0.508 e. The molecule has 0 N–H and O–H groups in total. The molecule has 0 rings (SSSR count). The van der Waals surface area contributed by atoms with Gasteiger partial charge in [0.25, 0.3) is 0 Å². The first-order valence-corrected chi connectivity index (χ1v) is 5.19. The van der Waals surface area contributed by atoms with Gasteiger partial charge in [-0.15, -0.1) is 0 Å². The van der Waals surface area contributed by atoms with E-state index in [2.05, 4.69) is 22.6 Å². The van der Waals surface area contributed by atoms with E-state index in [-0.39, 0.29) is 12.2 Å². The van der Waals surface area contributed by atoms with Crippen molar-refractivity contribution in [2.75, 3.05) is 0 Å². The summed E-state index contributed by atoms with van der Waals surface area (Å²) in [5.41, 5.74) is 0. The summed E-state index contributed by atoms with van der Waals surface area (Å²) < 4.78 is 10.1. The van der Waals surface area contributed by atoms with E-state index in [9.17, 15) is 4.79 Å². The highest BCUT2D eigenvalue weighted by atomic mass is 127. The number of carbonyl (C=O) groups excluding carboxylic acids is 1. The summed E-state index contributed by atoms with van der Waals surface area (Å²) in [6.07, 6.45) is -0.799. The van der Waals surface area contributed by atoms with Crippen LogP contribution >= 0.6 is 22.6 Å². The van der Waals surface area contributed by atoms with Gasteiger partial charge in [0.2, 0.25) is 0 Å². The lowest BCUT2D eigenvalue weighted by Gasteiger charge is -2.16. The minimum atomic E-state index is -0.582. The number of ether oxygens (including phenoxy) is 2. The summed E-state index contributed by atoms with van der Waals surface area (Å²) in [5.74, 6) is 0. The Kier molecular flexibility index (Phi) is 5.61. The van der Waals surface area contributed by atoms with E-state index in [1.165, 1.54) is 0 Å². The van der Waals surface area contributed by atoms with Crippen molar-refractivity contribution in [1.82, 2.24) is 0 Å². The Morgan fingerprint density at radius 3 is 2.00 bits per heavy atom. The smallest absolute Gasteiger partial charge is 0.432 e. The molecule has 0 aromatic carbocycles. The normalized spacial score (nSPS) is 15.5. The van der Waals surface area contributed by atoms with E-state index in [0.29, 0.717) is 3.92 Å². The van der Waals surface area contributed by atoms with Gasteiger partial charge in [0, 0.05) is 3.92 Å². The van der Waals surface area contributed by atoms with E-state index in [0.717, 1.165) is 0 Å². The van der Waals surface area contributed by atoms with Crippen LogP contribution in [-0.4, -0.2) is 22.3 Å². The fourth-order valence-corrected chi connectivity index (χ4v) is 0.613. The van der Waals surface area contributed by atoms with Crippen molar-refractivity contribution in [2.45, 2.75) is 43.8 Å². The molecule has 2 unspecified atom stereocenters. The number of hydrogen-bond acceptors (Lipinski definition) is 3. The number of alkyl halides is 1. The lowest BCUT2D eigenvalue weighted by molar-refractivity contribution is 0.0136. The number of hydrogen-bond donors (Lipinski definition) is 0. The van der Waals surface area contributed by atoms with Crippen LogP contribution in [0, 0.1) is 0 Å². The predicted octanol–water partition coefficient (Wildman–Crippen LogP) is 2.76. The lowest BCUT2D eigenvalue weighted by Crippen LogP contribution is -2.24. The Balaban J connectivity index is 3.69. The molecule has 0 spiro atoms. The van der Waals surface area contributed by atoms with Crippen molar-refractivity contribution in [3.8, 4) is 0 Å². The molecule has 0 aromatic rings. The molecule has 0 aliphatic rings. The van der Waals surface area contributed by atoms with Gasteiger partial charge in [0.15, 0.2) is 0 Å². The summed E-state index contributed by atoms with van der Waals surface area (Å²) in [6, 6.07) is 0. The standard InChI is InChI=1S/C8H15IO3/c1-5(2)11-8(10)12-7(4)6(3)9/h5-7H,1-4H3. The first-order valence-electron chi connectivity index (χ1n) is 3.94. The number of halogens is 1. The second-order valence-corrected chi connectivity index (χ2v) is 4.88. The van der Waals surface area contributed by atoms with Crippen LogP contribution in [0.4, 0.5) is 4.79 Å². The molecule has 0 aliphatic heterocycles. The van der Waals surface area contributed by atoms with E-state index in [1.807, 2.05) is 13.8 Å². The molecule has 0 amide bonds. The Morgan fingerprint density at radius 1 is 1.17 bits per heavy atom. The Hall–Kier alpha value is 0. The summed E-state index contributed by atoms with van der Waals surface area (Å²) in [7, 11) is 0. The number of rotatable bonds is 3. The van der Waals surface area contributed by atoms with Crippen LogP contribution < -0.4 is 0 Å². The third-order valence-electron chi connectivity index (χ3n) is 1.26. The molecule has 4 heteroatoms. The molecule has 2 atom stereocenters. The molecule has 0 saturated carbocycles. The highest BCUT2D eigenvalue weighted by Crippen LogP contribution is 2.09. The van der Waals surface area contributed by atoms with Gasteiger partial charge in [-0.1, -0.05) is 22.6 Å². The number of carbonyl (C=O) groups is 1. The van der Waals surface area contributed by atoms with Crippen LogP contribution in [0.3, 0.4) is 0 Å². The molecule has 12 heavy (non-hydrogen) atoms. The van der Waals surface area contributed by atoms with Crippen LogP contribution in [0.5, 0.6) is 0 Å². The Bertz CT molecular complexity index is 145. The quantitative estimate of drug-likeness (QED) is 0.454. The van der Waals surface area contributed by atoms with Gasteiger partial charge in [0.05, 0.1) is 6.10 Å². The third-order valence-corrected chi connectivity index (χ3v) is 2.27. The molecule has 0 heterocycles. The zero-order chi connectivity index (χ0) is 9.72. The molecule has 0 fully saturated rings. The summed E-state index contributed by atoms with van der Waals surface area (Å²) in [5, 5.41) is 0. The van der Waals surface area contributed by atoms with Crippen LogP contribution in [-0.2, 0) is 9.47 Å². The molecule has 0 radical (unpaired) electrons. The molecule has 72 valence electrons. The van der Waals surface area contributed by atoms with Gasteiger partial charge in [0.1, 0.15) is 6.10 Å². The second kappa shape index (κ2) is 5.61. The monoisotopic (exact) mass is 286 g/mol. The molecule has 0 aliphatic carbocycles. The maximum Gasteiger partial charge on any atom is 0.508 e. The highest BCUT2D eigenvalue weighted by Gasteiger charge is 2.15. The minimum Gasteiger partial charge on any atom is -0.432 e. The van der Waals surface area contributed by atoms with Crippen molar-refractivity contribution in [1.29, 1.82) is 0 Å². The third kappa shape index (κ3) is 5.62. The molecular formula is C8H15IO3. The van der Waals surface area contributed by atoms with Gasteiger partial charge < -0.3 is 9.47 Å². The van der Waals surface area contributed by atoms with Crippen LogP contribution in [0.1, 0.15) is 27.7 Å². The Morgan fingerprint density at radius 2 is 1.67 bits per heavy atom. The fourth-order valence-electron chi connectivity index (χ4n) is 0.466. The Labute approximate surface area is 86.9 Å². The van der Waals surface area contributed by atoms with E-state index >= 15 is 0 Å². The van der Waals surface area contributed by atoms with Crippen molar-refractivity contribution in [2.24, 2.45) is 0 Å². The van der Waals surface area contributed by atoms with Gasteiger partial charge in [-0.3, -0.25) is 0 Å². The van der Waals surface area contributed by atoms with E-state index < -0.39 is 6.16 Å². The molecular weight excluding hydrogens is 271 g/mol. The maximum absolute atomic E-state index is 10.9.